The van der Waals surface area contributed by atoms with E-state index in [2.05, 4.69) is 150 Å². The third-order valence-corrected chi connectivity index (χ3v) is 23.9. The number of hydrogen-bond acceptors (Lipinski definition) is 24. The summed E-state index contributed by atoms with van der Waals surface area (Å²) in [6.07, 6.45) is 6.61. The molecule has 3 saturated carbocycles. The van der Waals surface area contributed by atoms with Gasteiger partial charge in [0.05, 0.1) is 93.7 Å². The average Bonchev–Trinajstić information content (AvgIpc) is 1.68. The smallest absolute Gasteiger partial charge is 0.393 e. The van der Waals surface area contributed by atoms with E-state index in [-0.39, 0.29) is 94.0 Å². The fraction of sp³-hybridized carbons (Fsp3) is 0.393. The zero-order valence-corrected chi connectivity index (χ0v) is 69.9. The zero-order chi connectivity index (χ0) is 82.2. The largest absolute Gasteiger partial charge is 0.495 e. The molecule has 634 valence electrons. The van der Waals surface area contributed by atoms with Crippen molar-refractivity contribution in [3.05, 3.63) is 197 Å². The molecule has 3 aliphatic rings. The van der Waals surface area contributed by atoms with Crippen molar-refractivity contribution >= 4 is 107 Å². The lowest BCUT2D eigenvalue weighted by molar-refractivity contribution is -0.127. The molecule has 9 aromatic heterocycles. The number of methoxy groups -OCH3 is 6. The Morgan fingerprint density at radius 3 is 0.832 bits per heavy atom. The third-order valence-electron chi connectivity index (χ3n) is 20.8. The maximum atomic E-state index is 12.9. The summed E-state index contributed by atoms with van der Waals surface area (Å²) < 4.78 is 149. The van der Waals surface area contributed by atoms with E-state index in [1.54, 1.807) is 79.4 Å². The SMILES string of the molecule is COc1cncc(-c2ccc(CN[C@@H]3C[C@H](Nc4ncnc5sc(CC(F)(F)F)cc45)C[C@H](OC)C3)cc2)c1.COc1cncc(-c2ccc(CN[C@@H]3C[C@H](Nc4ncnc5sc(CC(F)(F)F)cc45)C[C@H](OC)C3)cc2)c1.COc1cncc(-c2ccc(CN[C@H]3C[C@@H](Nc4ncnc5sc(CC(F)(F)F)cc45)C[C@@H](OC)C3)cc2)c1.Cl.Cl. The van der Waals surface area contributed by atoms with Crippen molar-refractivity contribution in [3.63, 3.8) is 0 Å². The minimum atomic E-state index is -4.26. The van der Waals surface area contributed by atoms with E-state index in [0.717, 1.165) is 159 Å². The van der Waals surface area contributed by atoms with Gasteiger partial charge in [0, 0.05) is 127 Å². The Balaban J connectivity index is 0.000000173. The molecule has 0 bridgehead atoms. The highest BCUT2D eigenvalue weighted by Gasteiger charge is 2.36. The molecular formula is C84H92Cl2F9N15O6S3. The third kappa shape index (κ3) is 25.9. The van der Waals surface area contributed by atoms with Crippen molar-refractivity contribution in [3.8, 4) is 50.6 Å². The Labute approximate surface area is 707 Å². The van der Waals surface area contributed by atoms with Crippen LogP contribution in [0.2, 0.25) is 0 Å². The summed E-state index contributed by atoms with van der Waals surface area (Å²) in [5.74, 6) is 3.84. The molecule has 0 aliphatic heterocycles. The number of nitrogens with zero attached hydrogens (tertiary/aromatic N) is 9. The van der Waals surface area contributed by atoms with Crippen molar-refractivity contribution in [1.29, 1.82) is 0 Å². The van der Waals surface area contributed by atoms with Crippen LogP contribution in [0.1, 0.15) is 89.1 Å². The lowest BCUT2D eigenvalue weighted by atomic mass is 9.88. The molecule has 0 spiro atoms. The van der Waals surface area contributed by atoms with Gasteiger partial charge in [0.2, 0.25) is 0 Å². The van der Waals surface area contributed by atoms with E-state index < -0.39 is 37.8 Å². The summed E-state index contributed by atoms with van der Waals surface area (Å²) in [5, 5.41) is 23.2. The van der Waals surface area contributed by atoms with E-state index >= 15 is 0 Å². The molecule has 0 radical (unpaired) electrons. The van der Waals surface area contributed by atoms with Gasteiger partial charge in [-0.2, -0.15) is 39.5 Å². The van der Waals surface area contributed by atoms with E-state index in [1.165, 1.54) is 19.0 Å². The van der Waals surface area contributed by atoms with E-state index in [9.17, 15) is 39.5 Å². The lowest BCUT2D eigenvalue weighted by Crippen LogP contribution is -2.44. The molecule has 35 heteroatoms. The first kappa shape index (κ1) is 90.5. The number of aromatic nitrogens is 9. The topological polar surface area (TPSA) is 244 Å². The predicted octanol–water partition coefficient (Wildman–Crippen LogP) is 18.9. The van der Waals surface area contributed by atoms with Crippen LogP contribution in [-0.4, -0.2) is 161 Å². The number of benzene rings is 3. The molecular weight excluding hydrogens is 1650 g/mol. The Bertz CT molecular complexity index is 4710. The van der Waals surface area contributed by atoms with E-state index in [4.69, 9.17) is 28.4 Å². The number of anilines is 3. The van der Waals surface area contributed by atoms with Gasteiger partial charge in [0.15, 0.2) is 0 Å². The van der Waals surface area contributed by atoms with Gasteiger partial charge < -0.3 is 60.3 Å². The van der Waals surface area contributed by atoms with Gasteiger partial charge in [-0.3, -0.25) is 15.0 Å². The molecule has 119 heavy (non-hydrogen) atoms. The molecule has 3 aliphatic carbocycles. The first-order valence-electron chi connectivity index (χ1n) is 38.1. The molecule has 3 fully saturated rings. The van der Waals surface area contributed by atoms with Crippen LogP contribution in [-0.2, 0) is 53.1 Å². The molecule has 15 rings (SSSR count). The van der Waals surface area contributed by atoms with Crippen LogP contribution in [0.4, 0.5) is 57.0 Å². The molecule has 12 aromatic rings. The van der Waals surface area contributed by atoms with Crippen LogP contribution in [0.3, 0.4) is 0 Å². The van der Waals surface area contributed by atoms with Gasteiger partial charge in [-0.05, 0) is 128 Å². The van der Waals surface area contributed by atoms with Gasteiger partial charge in [-0.1, -0.05) is 72.8 Å². The number of alkyl halides is 9. The first-order valence-corrected chi connectivity index (χ1v) is 40.6. The van der Waals surface area contributed by atoms with E-state index in [1.807, 2.05) is 36.8 Å². The lowest BCUT2D eigenvalue weighted by Gasteiger charge is -2.35. The van der Waals surface area contributed by atoms with Crippen LogP contribution in [0.5, 0.6) is 17.2 Å². The number of nitrogens with one attached hydrogen (secondary N) is 6. The molecule has 6 N–H and O–H groups in total. The van der Waals surface area contributed by atoms with E-state index in [0.29, 0.717) is 67.7 Å². The van der Waals surface area contributed by atoms with Crippen molar-refractivity contribution in [1.82, 2.24) is 60.8 Å². The summed E-state index contributed by atoms with van der Waals surface area (Å²) >= 11 is 3.17. The zero-order valence-electron chi connectivity index (χ0n) is 65.8. The molecule has 9 heterocycles. The number of ether oxygens (including phenoxy) is 6. The van der Waals surface area contributed by atoms with Crippen LogP contribution < -0.4 is 46.1 Å². The maximum Gasteiger partial charge on any atom is 0.393 e. The molecule has 0 saturated heterocycles. The molecule has 3 aromatic carbocycles. The number of halogens is 11. The van der Waals surface area contributed by atoms with Crippen LogP contribution >= 0.6 is 58.8 Å². The fourth-order valence-electron chi connectivity index (χ4n) is 15.0. The van der Waals surface area contributed by atoms with Crippen LogP contribution in [0.15, 0.2) is 165 Å². The number of rotatable bonds is 27. The Hall–Kier alpha value is -9.26. The van der Waals surface area contributed by atoms with Gasteiger partial charge >= 0.3 is 18.5 Å². The van der Waals surface area contributed by atoms with Gasteiger partial charge in [0.25, 0.3) is 0 Å². The summed E-state index contributed by atoms with van der Waals surface area (Å²) in [5.41, 5.74) is 9.65. The summed E-state index contributed by atoms with van der Waals surface area (Å²) in [6.45, 7) is 2.11. The van der Waals surface area contributed by atoms with Crippen molar-refractivity contribution in [2.24, 2.45) is 0 Å². The maximum absolute atomic E-state index is 12.9. The Morgan fingerprint density at radius 2 is 0.588 bits per heavy atom. The second-order valence-corrected chi connectivity index (χ2v) is 32.6. The second-order valence-electron chi connectivity index (χ2n) is 29.2. The number of thiophene rings is 3. The average molecular weight is 1750 g/mol. The highest BCUT2D eigenvalue weighted by molar-refractivity contribution is 7.19. The van der Waals surface area contributed by atoms with Gasteiger partial charge in [-0.15, -0.1) is 58.8 Å². The molecule has 9 atom stereocenters. The molecule has 0 amide bonds. The number of hydrogen-bond donors (Lipinski definition) is 6. The first-order chi connectivity index (χ1) is 56.4. The Kier molecular flexibility index (Phi) is 31.8. The second kappa shape index (κ2) is 41.8. The Morgan fingerprint density at radius 1 is 0.328 bits per heavy atom. The van der Waals surface area contributed by atoms with Crippen LogP contribution in [0, 0.1) is 0 Å². The summed E-state index contributed by atoms with van der Waals surface area (Å²) in [7, 11) is 10.0. The summed E-state index contributed by atoms with van der Waals surface area (Å²) in [4.78, 5) is 40.6. The fourth-order valence-corrected chi connectivity index (χ4v) is 18.1. The minimum absolute atomic E-state index is 0. The highest BCUT2D eigenvalue weighted by Crippen LogP contribution is 2.39. The van der Waals surface area contributed by atoms with Gasteiger partial charge in [-0.25, -0.2) is 29.9 Å². The summed E-state index contributed by atoms with van der Waals surface area (Å²) in [6, 6.07) is 36.3. The molecule has 0 unspecified atom stereocenters. The monoisotopic (exact) mass is 1740 g/mol. The molecule has 21 nitrogen and oxygen atoms in total. The van der Waals surface area contributed by atoms with Gasteiger partial charge in [0.1, 0.15) is 68.2 Å². The predicted molar refractivity (Wildman–Crippen MR) is 453 cm³/mol. The number of fused-ring (bicyclic) bond motifs is 3. The van der Waals surface area contributed by atoms with Crippen molar-refractivity contribution in [2.75, 3.05) is 58.6 Å². The minimum Gasteiger partial charge on any atom is -0.495 e. The highest BCUT2D eigenvalue weighted by atomic mass is 35.5. The quantitative estimate of drug-likeness (QED) is 0.0262. The number of pyridine rings is 3. The van der Waals surface area contributed by atoms with Crippen molar-refractivity contribution < 1.29 is 67.9 Å². The van der Waals surface area contributed by atoms with Crippen LogP contribution in [0.25, 0.3) is 64.0 Å². The van der Waals surface area contributed by atoms with Crippen molar-refractivity contribution in [2.45, 2.75) is 170 Å². The standard InChI is InChI=1S/3C28H30F3N5O2S.2ClH/c3*1-37-22-9-20(33-13-17-3-5-18(6-4-17)19-7-23(38-2)15-32-14-19)8-21(10-22)36-26-25-11-24(12-28(29,30)31)39-27(25)35-16-34-26;;/h3*3-7,11,14-16,20-22,33H,8-10,12-13H2,1-2H3,(H,34,35,36);2*1H/t3*20-,21+,22-;;/m110../s1. The normalized spacial score (nSPS) is 19.4.